The highest BCUT2D eigenvalue weighted by Gasteiger charge is 2.16. The van der Waals surface area contributed by atoms with Crippen LogP contribution < -0.4 is 20.5 Å². The molecule has 2 rings (SSSR count). The van der Waals surface area contributed by atoms with Crippen LogP contribution in [0.4, 0.5) is 5.69 Å². The minimum Gasteiger partial charge on any atom is -0.493 e. The number of rotatable bonds is 5. The molecule has 0 unspecified atom stereocenters. The number of ether oxygens (including phenoxy) is 2. The second-order valence-corrected chi connectivity index (χ2v) is 4.44. The molecule has 0 spiro atoms. The Morgan fingerprint density at radius 3 is 2.41 bits per heavy atom. The molecule has 2 aromatic rings. The van der Waals surface area contributed by atoms with Crippen molar-refractivity contribution in [1.82, 2.24) is 0 Å². The molecule has 6 heteroatoms. The summed E-state index contributed by atoms with van der Waals surface area (Å²) in [7, 11) is 2.96. The lowest BCUT2D eigenvalue weighted by atomic mass is 10.1. The van der Waals surface area contributed by atoms with Gasteiger partial charge in [-0.05, 0) is 30.3 Å². The molecule has 6 nitrogen and oxygen atoms in total. The number of hydrogen-bond donors (Lipinski definition) is 2. The number of benzene rings is 2. The standard InChI is InChI=1S/C16H16N2O4/c1-21-13-8-4-7-12(14(13)22-2)16(20)18-11-6-3-5-10(9-11)15(17)19/h3-9H,1-2H3,(H2,17,19)(H,18,20). The highest BCUT2D eigenvalue weighted by atomic mass is 16.5. The average molecular weight is 300 g/mol. The van der Waals surface area contributed by atoms with Crippen molar-refractivity contribution in [3.05, 3.63) is 53.6 Å². The van der Waals surface area contributed by atoms with E-state index in [4.69, 9.17) is 15.2 Å². The van der Waals surface area contributed by atoms with E-state index >= 15 is 0 Å². The molecule has 2 aromatic carbocycles. The number of primary amides is 1. The number of methoxy groups -OCH3 is 2. The van der Waals surface area contributed by atoms with Crippen molar-refractivity contribution in [3.8, 4) is 11.5 Å². The van der Waals surface area contributed by atoms with E-state index in [2.05, 4.69) is 5.32 Å². The first-order valence-electron chi connectivity index (χ1n) is 6.49. The number of hydrogen-bond acceptors (Lipinski definition) is 4. The fourth-order valence-electron chi connectivity index (χ4n) is 2.01. The fraction of sp³-hybridized carbons (Fsp3) is 0.125. The maximum absolute atomic E-state index is 12.4. The Bertz CT molecular complexity index is 713. The number of amides is 2. The molecule has 0 radical (unpaired) electrons. The van der Waals surface area contributed by atoms with Crippen LogP contribution in [0.3, 0.4) is 0 Å². The summed E-state index contributed by atoms with van der Waals surface area (Å²) in [6.45, 7) is 0. The summed E-state index contributed by atoms with van der Waals surface area (Å²) in [6.07, 6.45) is 0. The Balaban J connectivity index is 2.30. The van der Waals surface area contributed by atoms with Crippen LogP contribution >= 0.6 is 0 Å². The summed E-state index contributed by atoms with van der Waals surface area (Å²) < 4.78 is 10.4. The van der Waals surface area contributed by atoms with Crippen molar-refractivity contribution in [2.75, 3.05) is 19.5 Å². The minimum atomic E-state index is -0.560. The summed E-state index contributed by atoms with van der Waals surface area (Å²) in [5.41, 5.74) is 6.32. The zero-order chi connectivity index (χ0) is 16.1. The number of nitrogens with two attached hydrogens (primary N) is 1. The van der Waals surface area contributed by atoms with E-state index in [0.717, 1.165) is 0 Å². The predicted molar refractivity (Wildman–Crippen MR) is 82.5 cm³/mol. The Morgan fingerprint density at radius 1 is 1.05 bits per heavy atom. The number of carbonyl (C=O) groups excluding carboxylic acids is 2. The summed E-state index contributed by atoms with van der Waals surface area (Å²) in [6, 6.07) is 11.4. The van der Waals surface area contributed by atoms with E-state index in [9.17, 15) is 9.59 Å². The van der Waals surface area contributed by atoms with Crippen LogP contribution in [-0.4, -0.2) is 26.0 Å². The predicted octanol–water partition coefficient (Wildman–Crippen LogP) is 2.05. The van der Waals surface area contributed by atoms with Gasteiger partial charge in [-0.2, -0.15) is 0 Å². The van der Waals surface area contributed by atoms with Gasteiger partial charge in [0.25, 0.3) is 5.91 Å². The Labute approximate surface area is 127 Å². The number of anilines is 1. The molecule has 114 valence electrons. The SMILES string of the molecule is COc1cccc(C(=O)Nc2cccc(C(N)=O)c2)c1OC. The minimum absolute atomic E-state index is 0.315. The van der Waals surface area contributed by atoms with Gasteiger partial charge in [0.15, 0.2) is 11.5 Å². The van der Waals surface area contributed by atoms with E-state index in [1.54, 1.807) is 36.4 Å². The molecule has 0 bridgehead atoms. The van der Waals surface area contributed by atoms with Gasteiger partial charge >= 0.3 is 0 Å². The molecule has 3 N–H and O–H groups in total. The molecule has 22 heavy (non-hydrogen) atoms. The second kappa shape index (κ2) is 6.62. The molecular weight excluding hydrogens is 284 g/mol. The third-order valence-electron chi connectivity index (χ3n) is 3.05. The van der Waals surface area contributed by atoms with Crippen LogP contribution in [0.25, 0.3) is 0 Å². The largest absolute Gasteiger partial charge is 0.493 e. The molecular formula is C16H16N2O4. The van der Waals surface area contributed by atoms with Crippen molar-refractivity contribution >= 4 is 17.5 Å². The highest BCUT2D eigenvalue weighted by Crippen LogP contribution is 2.31. The molecule has 0 aromatic heterocycles. The van der Waals surface area contributed by atoms with Gasteiger partial charge in [0, 0.05) is 11.3 Å². The van der Waals surface area contributed by atoms with Crippen molar-refractivity contribution in [2.24, 2.45) is 5.73 Å². The molecule has 0 aliphatic rings. The van der Waals surface area contributed by atoms with Crippen LogP contribution in [-0.2, 0) is 0 Å². The fourth-order valence-corrected chi connectivity index (χ4v) is 2.01. The smallest absolute Gasteiger partial charge is 0.259 e. The summed E-state index contributed by atoms with van der Waals surface area (Å²) in [5, 5.41) is 2.70. The Hall–Kier alpha value is -3.02. The molecule has 0 heterocycles. The maximum atomic E-state index is 12.4. The average Bonchev–Trinajstić information content (AvgIpc) is 2.54. The van der Waals surface area contributed by atoms with Gasteiger partial charge in [-0.3, -0.25) is 9.59 Å². The summed E-state index contributed by atoms with van der Waals surface area (Å²) >= 11 is 0. The monoisotopic (exact) mass is 300 g/mol. The quantitative estimate of drug-likeness (QED) is 0.884. The third kappa shape index (κ3) is 3.17. The van der Waals surface area contributed by atoms with Crippen LogP contribution in [0.2, 0.25) is 0 Å². The molecule has 0 saturated heterocycles. The summed E-state index contributed by atoms with van der Waals surface area (Å²) in [5.74, 6) is -0.137. The van der Waals surface area contributed by atoms with Gasteiger partial charge < -0.3 is 20.5 Å². The molecule has 0 fully saturated rings. The normalized spacial score (nSPS) is 9.91. The van der Waals surface area contributed by atoms with Gasteiger partial charge in [0.2, 0.25) is 5.91 Å². The van der Waals surface area contributed by atoms with E-state index in [1.165, 1.54) is 20.3 Å². The van der Waals surface area contributed by atoms with Crippen molar-refractivity contribution < 1.29 is 19.1 Å². The van der Waals surface area contributed by atoms with Crippen LogP contribution in [0.15, 0.2) is 42.5 Å². The van der Waals surface area contributed by atoms with Gasteiger partial charge in [-0.25, -0.2) is 0 Å². The van der Waals surface area contributed by atoms with E-state index in [-0.39, 0.29) is 5.91 Å². The van der Waals surface area contributed by atoms with E-state index < -0.39 is 5.91 Å². The lowest BCUT2D eigenvalue weighted by Crippen LogP contribution is -2.15. The topological polar surface area (TPSA) is 90.6 Å². The molecule has 0 aliphatic carbocycles. The maximum Gasteiger partial charge on any atom is 0.259 e. The molecule has 2 amide bonds. The lowest BCUT2D eigenvalue weighted by Gasteiger charge is -2.12. The second-order valence-electron chi connectivity index (χ2n) is 4.44. The first kappa shape index (κ1) is 15.4. The van der Waals surface area contributed by atoms with Crippen molar-refractivity contribution in [3.63, 3.8) is 0 Å². The van der Waals surface area contributed by atoms with Crippen LogP contribution in [0.5, 0.6) is 11.5 Å². The molecule has 0 atom stereocenters. The van der Waals surface area contributed by atoms with Crippen LogP contribution in [0.1, 0.15) is 20.7 Å². The van der Waals surface area contributed by atoms with Gasteiger partial charge in [-0.15, -0.1) is 0 Å². The first-order valence-corrected chi connectivity index (χ1v) is 6.49. The van der Waals surface area contributed by atoms with Crippen LogP contribution in [0, 0.1) is 0 Å². The summed E-state index contributed by atoms with van der Waals surface area (Å²) in [4.78, 5) is 23.5. The van der Waals surface area contributed by atoms with Gasteiger partial charge in [-0.1, -0.05) is 12.1 Å². The zero-order valence-electron chi connectivity index (χ0n) is 12.3. The Morgan fingerprint density at radius 2 is 1.77 bits per heavy atom. The first-order chi connectivity index (χ1) is 10.6. The number of para-hydroxylation sites is 1. The zero-order valence-corrected chi connectivity index (χ0v) is 12.3. The number of carbonyl (C=O) groups is 2. The van der Waals surface area contributed by atoms with Gasteiger partial charge in [0.05, 0.1) is 19.8 Å². The van der Waals surface area contributed by atoms with E-state index in [1.807, 2.05) is 0 Å². The van der Waals surface area contributed by atoms with E-state index in [0.29, 0.717) is 28.3 Å². The number of nitrogens with one attached hydrogen (secondary N) is 1. The molecule has 0 aliphatic heterocycles. The van der Waals surface area contributed by atoms with Crippen molar-refractivity contribution in [1.29, 1.82) is 0 Å². The molecule has 0 saturated carbocycles. The highest BCUT2D eigenvalue weighted by molar-refractivity contribution is 6.07. The lowest BCUT2D eigenvalue weighted by molar-refractivity contribution is 0.0995. The van der Waals surface area contributed by atoms with Gasteiger partial charge in [0.1, 0.15) is 0 Å². The van der Waals surface area contributed by atoms with Crippen molar-refractivity contribution in [2.45, 2.75) is 0 Å². The third-order valence-corrected chi connectivity index (χ3v) is 3.05. The Kier molecular flexibility index (Phi) is 4.63.